The highest BCUT2D eigenvalue weighted by Gasteiger charge is 2.44. The third kappa shape index (κ3) is 3.72. The fourth-order valence-electron chi connectivity index (χ4n) is 4.47. The summed E-state index contributed by atoms with van der Waals surface area (Å²) in [6.07, 6.45) is 1.68. The predicted octanol–water partition coefficient (Wildman–Crippen LogP) is 6.69. The molecule has 5 aromatic rings. The maximum Gasteiger partial charge on any atom is 0.296 e. The van der Waals surface area contributed by atoms with Gasteiger partial charge < -0.3 is 9.15 Å². The van der Waals surface area contributed by atoms with Crippen LogP contribution in [0.1, 0.15) is 33.3 Å². The lowest BCUT2D eigenvalue weighted by Crippen LogP contribution is -2.30. The lowest BCUT2D eigenvalue weighted by Gasteiger charge is -2.24. The molecule has 1 aliphatic heterocycles. The van der Waals surface area contributed by atoms with Gasteiger partial charge in [-0.15, -0.1) is 0 Å². The number of anilines is 1. The third-order valence-electron chi connectivity index (χ3n) is 6.13. The number of benzene rings is 3. The summed E-state index contributed by atoms with van der Waals surface area (Å²) >= 11 is 6.18. The monoisotopic (exact) mass is 494 g/mol. The molecule has 0 bridgehead atoms. The summed E-state index contributed by atoms with van der Waals surface area (Å²) in [5.74, 6) is 1.23. The Kier molecular flexibility index (Phi) is 5.31. The maximum absolute atomic E-state index is 13.8. The Morgan fingerprint density at radius 1 is 0.917 bits per heavy atom. The zero-order valence-electron chi connectivity index (χ0n) is 19.1. The number of aryl methyl sites for hydroxylation is 1. The molecule has 0 saturated heterocycles. The summed E-state index contributed by atoms with van der Waals surface area (Å²) in [5.41, 5.74) is 1.87. The molecule has 0 radical (unpaired) electrons. The largest absolute Gasteiger partial charge is 0.457 e. The number of rotatable bonds is 4. The van der Waals surface area contributed by atoms with Crippen molar-refractivity contribution in [2.24, 2.45) is 0 Å². The Hall–Kier alpha value is -4.42. The summed E-state index contributed by atoms with van der Waals surface area (Å²) in [7, 11) is 0. The van der Waals surface area contributed by atoms with Gasteiger partial charge in [-0.05, 0) is 66.6 Å². The SMILES string of the molecule is Cc1ccc(N2C(=O)c3oc4ccc(Cl)cc4c(=O)c3C2c2cccc(Oc3ccccc3)c2)nc1. The molecular weight excluding hydrogens is 476 g/mol. The Labute approximate surface area is 211 Å². The van der Waals surface area contributed by atoms with Crippen molar-refractivity contribution in [1.82, 2.24) is 4.98 Å². The van der Waals surface area contributed by atoms with Gasteiger partial charge in [0.2, 0.25) is 5.76 Å². The second kappa shape index (κ2) is 8.66. The molecule has 7 heteroatoms. The molecular formula is C29H19ClN2O4. The molecule has 0 N–H and O–H groups in total. The van der Waals surface area contributed by atoms with Crippen LogP contribution in [0.5, 0.6) is 11.5 Å². The van der Waals surface area contributed by atoms with Crippen LogP contribution in [0, 0.1) is 6.92 Å². The Morgan fingerprint density at radius 2 is 1.72 bits per heavy atom. The standard InChI is InChI=1S/C29H19ClN2O4/c1-17-10-13-24(31-16-17)32-26(18-6-5-9-21(14-18)35-20-7-3-2-4-8-20)25-27(33)22-15-19(30)11-12-23(22)36-28(25)29(32)34/h2-16,26H,1H3. The molecule has 1 aliphatic rings. The fraction of sp³-hybridized carbons (Fsp3) is 0.0690. The van der Waals surface area contributed by atoms with Gasteiger partial charge in [-0.3, -0.25) is 14.5 Å². The van der Waals surface area contributed by atoms with Gasteiger partial charge in [0.25, 0.3) is 5.91 Å². The maximum atomic E-state index is 13.8. The first-order valence-electron chi connectivity index (χ1n) is 11.3. The number of pyridine rings is 1. The summed E-state index contributed by atoms with van der Waals surface area (Å²) < 4.78 is 12.0. The van der Waals surface area contributed by atoms with Gasteiger partial charge in [-0.25, -0.2) is 4.98 Å². The van der Waals surface area contributed by atoms with Crippen LogP contribution in [0.25, 0.3) is 11.0 Å². The smallest absolute Gasteiger partial charge is 0.296 e. The van der Waals surface area contributed by atoms with E-state index in [-0.39, 0.29) is 16.8 Å². The van der Waals surface area contributed by atoms with Crippen molar-refractivity contribution >= 4 is 34.3 Å². The minimum atomic E-state index is -0.762. The molecule has 6 nitrogen and oxygen atoms in total. The van der Waals surface area contributed by atoms with Crippen LogP contribution in [-0.2, 0) is 0 Å². The lowest BCUT2D eigenvalue weighted by atomic mass is 9.98. The number of hydrogen-bond donors (Lipinski definition) is 0. The molecule has 0 spiro atoms. The van der Waals surface area contributed by atoms with E-state index < -0.39 is 11.9 Å². The van der Waals surface area contributed by atoms with Gasteiger partial charge in [-0.2, -0.15) is 0 Å². The van der Waals surface area contributed by atoms with Crippen molar-refractivity contribution in [2.75, 3.05) is 4.90 Å². The van der Waals surface area contributed by atoms with Gasteiger partial charge >= 0.3 is 0 Å². The Bertz CT molecular complexity index is 1680. The van der Waals surface area contributed by atoms with Crippen LogP contribution < -0.4 is 15.1 Å². The topological polar surface area (TPSA) is 72.6 Å². The summed E-state index contributed by atoms with van der Waals surface area (Å²) in [4.78, 5) is 33.4. The number of aromatic nitrogens is 1. The van der Waals surface area contributed by atoms with E-state index in [1.165, 1.54) is 4.90 Å². The van der Waals surface area contributed by atoms with Crippen LogP contribution in [0.2, 0.25) is 5.02 Å². The van der Waals surface area contributed by atoms with E-state index in [4.69, 9.17) is 20.8 Å². The summed E-state index contributed by atoms with van der Waals surface area (Å²) in [6, 6.07) is 24.4. The molecule has 2 aromatic heterocycles. The first-order chi connectivity index (χ1) is 17.5. The third-order valence-corrected chi connectivity index (χ3v) is 6.36. The Morgan fingerprint density at radius 3 is 2.50 bits per heavy atom. The molecule has 1 atom stereocenters. The summed E-state index contributed by atoms with van der Waals surface area (Å²) in [5, 5.41) is 0.723. The van der Waals surface area contributed by atoms with E-state index in [0.29, 0.717) is 38.9 Å². The first-order valence-corrected chi connectivity index (χ1v) is 11.7. The van der Waals surface area contributed by atoms with E-state index in [9.17, 15) is 9.59 Å². The number of carbonyl (C=O) groups is 1. The number of hydrogen-bond acceptors (Lipinski definition) is 5. The lowest BCUT2D eigenvalue weighted by molar-refractivity contribution is 0.0970. The fourth-order valence-corrected chi connectivity index (χ4v) is 4.64. The van der Waals surface area contributed by atoms with E-state index >= 15 is 0 Å². The molecule has 6 rings (SSSR count). The number of halogens is 1. The Balaban J connectivity index is 1.55. The normalized spacial score (nSPS) is 14.8. The number of carbonyl (C=O) groups excluding carboxylic acids is 1. The van der Waals surface area contributed by atoms with Crippen LogP contribution >= 0.6 is 11.6 Å². The predicted molar refractivity (Wildman–Crippen MR) is 138 cm³/mol. The molecule has 3 heterocycles. The van der Waals surface area contributed by atoms with Gasteiger partial charge in [0, 0.05) is 11.2 Å². The quantitative estimate of drug-likeness (QED) is 0.278. The van der Waals surface area contributed by atoms with E-state index in [1.807, 2.05) is 67.6 Å². The highest BCUT2D eigenvalue weighted by Crippen LogP contribution is 2.41. The second-order valence-corrected chi connectivity index (χ2v) is 9.01. The number of fused-ring (bicyclic) bond motifs is 2. The van der Waals surface area contributed by atoms with Crippen molar-refractivity contribution < 1.29 is 13.9 Å². The van der Waals surface area contributed by atoms with Crippen LogP contribution in [0.4, 0.5) is 5.82 Å². The minimum Gasteiger partial charge on any atom is -0.457 e. The average molecular weight is 495 g/mol. The molecule has 1 unspecified atom stereocenters. The van der Waals surface area contributed by atoms with Crippen molar-refractivity contribution in [3.8, 4) is 11.5 Å². The van der Waals surface area contributed by atoms with Gasteiger partial charge in [0.05, 0.1) is 17.0 Å². The molecule has 176 valence electrons. The average Bonchev–Trinajstić information content (AvgIpc) is 3.18. The zero-order valence-corrected chi connectivity index (χ0v) is 19.9. The van der Waals surface area contributed by atoms with Crippen molar-refractivity contribution in [3.05, 3.63) is 129 Å². The highest BCUT2D eigenvalue weighted by molar-refractivity contribution is 6.31. The van der Waals surface area contributed by atoms with Crippen LogP contribution in [0.3, 0.4) is 0 Å². The molecule has 0 fully saturated rings. The zero-order chi connectivity index (χ0) is 24.8. The molecule has 3 aromatic carbocycles. The minimum absolute atomic E-state index is 0.00317. The molecule has 36 heavy (non-hydrogen) atoms. The number of amides is 1. The molecule has 0 aliphatic carbocycles. The van der Waals surface area contributed by atoms with Crippen LogP contribution in [-0.4, -0.2) is 10.9 Å². The summed E-state index contributed by atoms with van der Waals surface area (Å²) in [6.45, 7) is 1.92. The molecule has 0 saturated carbocycles. The van der Waals surface area contributed by atoms with Gasteiger partial charge in [-0.1, -0.05) is 48.0 Å². The number of nitrogens with zero attached hydrogens (tertiary/aromatic N) is 2. The van der Waals surface area contributed by atoms with Crippen molar-refractivity contribution in [1.29, 1.82) is 0 Å². The van der Waals surface area contributed by atoms with Crippen molar-refractivity contribution in [3.63, 3.8) is 0 Å². The number of para-hydroxylation sites is 1. The van der Waals surface area contributed by atoms with Gasteiger partial charge in [0.15, 0.2) is 5.43 Å². The van der Waals surface area contributed by atoms with Crippen LogP contribution in [0.15, 0.2) is 100 Å². The van der Waals surface area contributed by atoms with E-state index in [0.717, 1.165) is 5.56 Å². The van der Waals surface area contributed by atoms with E-state index in [2.05, 4.69) is 4.98 Å². The van der Waals surface area contributed by atoms with Crippen molar-refractivity contribution in [2.45, 2.75) is 13.0 Å². The molecule has 1 amide bonds. The van der Waals surface area contributed by atoms with E-state index in [1.54, 1.807) is 30.5 Å². The van der Waals surface area contributed by atoms with Gasteiger partial charge in [0.1, 0.15) is 22.9 Å². The first kappa shape index (κ1) is 22.1. The number of ether oxygens (including phenoxy) is 1. The second-order valence-electron chi connectivity index (χ2n) is 8.57. The highest BCUT2D eigenvalue weighted by atomic mass is 35.5.